The summed E-state index contributed by atoms with van der Waals surface area (Å²) in [6, 6.07) is 3.44. The third-order valence-corrected chi connectivity index (χ3v) is 2.46. The van der Waals surface area contributed by atoms with Gasteiger partial charge in [0, 0.05) is 32.9 Å². The van der Waals surface area contributed by atoms with E-state index in [1.165, 1.54) is 11.2 Å². The smallest absolute Gasteiger partial charge is 0.273 e. The van der Waals surface area contributed by atoms with Crippen LogP contribution in [0.25, 0.3) is 5.82 Å². The number of carbonyl (C=O) groups is 1. The summed E-state index contributed by atoms with van der Waals surface area (Å²) in [7, 11) is 3.38. The van der Waals surface area contributed by atoms with E-state index in [1.54, 1.807) is 37.1 Å². The minimum Gasteiger partial charge on any atom is -0.370 e. The fourth-order valence-electron chi connectivity index (χ4n) is 1.54. The van der Waals surface area contributed by atoms with E-state index >= 15 is 0 Å². The Balaban J connectivity index is 2.27. The molecule has 0 fully saturated rings. The van der Waals surface area contributed by atoms with Crippen molar-refractivity contribution in [3.05, 3.63) is 30.4 Å². The molecule has 100 valence electrons. The van der Waals surface area contributed by atoms with Crippen LogP contribution in [0.5, 0.6) is 0 Å². The summed E-state index contributed by atoms with van der Waals surface area (Å²) in [5.41, 5.74) is 0.383. The van der Waals surface area contributed by atoms with E-state index in [1.807, 2.05) is 6.92 Å². The van der Waals surface area contributed by atoms with Crippen molar-refractivity contribution in [2.75, 3.05) is 26.0 Å². The molecule has 2 heterocycles. The van der Waals surface area contributed by atoms with Gasteiger partial charge in [0.2, 0.25) is 0 Å². The average Bonchev–Trinajstić information content (AvgIpc) is 2.88. The highest BCUT2D eigenvalue weighted by atomic mass is 16.2. The van der Waals surface area contributed by atoms with Crippen LogP contribution in [0, 0.1) is 0 Å². The maximum atomic E-state index is 11.8. The number of hydrogen-bond donors (Lipinski definition) is 1. The molecular formula is C12H16N6O. The number of amides is 1. The lowest BCUT2D eigenvalue weighted by atomic mass is 10.4. The molecule has 7 heteroatoms. The molecule has 0 aliphatic rings. The van der Waals surface area contributed by atoms with Crippen molar-refractivity contribution < 1.29 is 4.79 Å². The molecule has 0 saturated carbocycles. The molecule has 0 aliphatic heterocycles. The van der Waals surface area contributed by atoms with Crippen LogP contribution < -0.4 is 5.32 Å². The lowest BCUT2D eigenvalue weighted by Crippen LogP contribution is -2.22. The lowest BCUT2D eigenvalue weighted by Gasteiger charge is -2.07. The van der Waals surface area contributed by atoms with Gasteiger partial charge in [-0.25, -0.2) is 14.6 Å². The van der Waals surface area contributed by atoms with Crippen molar-refractivity contribution in [2.24, 2.45) is 0 Å². The molecule has 19 heavy (non-hydrogen) atoms. The van der Waals surface area contributed by atoms with E-state index < -0.39 is 0 Å². The Kier molecular flexibility index (Phi) is 3.74. The number of nitrogens with one attached hydrogen (secondary N) is 1. The summed E-state index contributed by atoms with van der Waals surface area (Å²) in [5.74, 6) is 1.20. The van der Waals surface area contributed by atoms with Crippen LogP contribution in [0.3, 0.4) is 0 Å². The Morgan fingerprint density at radius 3 is 2.89 bits per heavy atom. The Labute approximate surface area is 111 Å². The molecule has 0 aromatic carbocycles. The fourth-order valence-corrected chi connectivity index (χ4v) is 1.54. The quantitative estimate of drug-likeness (QED) is 0.879. The van der Waals surface area contributed by atoms with E-state index in [4.69, 9.17) is 0 Å². The minimum absolute atomic E-state index is 0.139. The molecule has 1 N–H and O–H groups in total. The van der Waals surface area contributed by atoms with Crippen LogP contribution in [0.2, 0.25) is 0 Å². The number of carbonyl (C=O) groups excluding carboxylic acids is 1. The lowest BCUT2D eigenvalue weighted by molar-refractivity contribution is 0.0821. The van der Waals surface area contributed by atoms with Crippen molar-refractivity contribution in [3.63, 3.8) is 0 Å². The van der Waals surface area contributed by atoms with Gasteiger partial charge >= 0.3 is 0 Å². The molecule has 0 bridgehead atoms. The maximum Gasteiger partial charge on any atom is 0.273 e. The van der Waals surface area contributed by atoms with E-state index in [9.17, 15) is 4.79 Å². The zero-order chi connectivity index (χ0) is 13.8. The molecule has 0 aliphatic carbocycles. The van der Waals surface area contributed by atoms with Crippen molar-refractivity contribution >= 4 is 11.7 Å². The van der Waals surface area contributed by atoms with Crippen LogP contribution in [-0.2, 0) is 0 Å². The van der Waals surface area contributed by atoms with Gasteiger partial charge in [0.05, 0.1) is 0 Å². The largest absolute Gasteiger partial charge is 0.370 e. The highest BCUT2D eigenvalue weighted by molar-refractivity contribution is 5.91. The number of nitrogens with zero attached hydrogens (tertiary/aromatic N) is 5. The number of aromatic nitrogens is 4. The van der Waals surface area contributed by atoms with Crippen LogP contribution in [0.15, 0.2) is 24.7 Å². The van der Waals surface area contributed by atoms with E-state index in [2.05, 4.69) is 20.4 Å². The minimum atomic E-state index is -0.139. The first kappa shape index (κ1) is 13.0. The summed E-state index contributed by atoms with van der Waals surface area (Å²) >= 11 is 0. The van der Waals surface area contributed by atoms with E-state index in [0.29, 0.717) is 11.5 Å². The zero-order valence-electron chi connectivity index (χ0n) is 11.2. The van der Waals surface area contributed by atoms with Crippen LogP contribution >= 0.6 is 0 Å². The number of anilines is 1. The first-order chi connectivity index (χ1) is 9.11. The van der Waals surface area contributed by atoms with E-state index in [-0.39, 0.29) is 5.91 Å². The number of rotatable bonds is 4. The summed E-state index contributed by atoms with van der Waals surface area (Å²) in [4.78, 5) is 21.5. The molecular weight excluding hydrogens is 244 g/mol. The first-order valence-corrected chi connectivity index (χ1v) is 5.95. The van der Waals surface area contributed by atoms with Gasteiger partial charge in [0.25, 0.3) is 5.91 Å². The van der Waals surface area contributed by atoms with Gasteiger partial charge in [-0.2, -0.15) is 5.10 Å². The van der Waals surface area contributed by atoms with Crippen molar-refractivity contribution in [1.29, 1.82) is 0 Å². The van der Waals surface area contributed by atoms with Gasteiger partial charge in [0.1, 0.15) is 12.1 Å². The third kappa shape index (κ3) is 2.87. The molecule has 2 aromatic heterocycles. The Morgan fingerprint density at radius 2 is 2.21 bits per heavy atom. The van der Waals surface area contributed by atoms with Gasteiger partial charge in [-0.1, -0.05) is 0 Å². The Morgan fingerprint density at radius 1 is 1.42 bits per heavy atom. The second kappa shape index (κ2) is 5.47. The Bertz CT molecular complexity index is 577. The molecule has 0 spiro atoms. The standard InChI is InChI=1S/C12H16N6O/c1-4-13-10-7-11(15-8-14-10)18-6-5-9(16-18)12(19)17(2)3/h5-8H,4H2,1-3H3,(H,13,14,15). The van der Waals surface area contributed by atoms with Gasteiger partial charge < -0.3 is 10.2 Å². The summed E-state index contributed by atoms with van der Waals surface area (Å²) in [6.07, 6.45) is 3.16. The van der Waals surface area contributed by atoms with Crippen molar-refractivity contribution in [3.8, 4) is 5.82 Å². The van der Waals surface area contributed by atoms with Crippen LogP contribution in [0.4, 0.5) is 5.82 Å². The molecule has 0 unspecified atom stereocenters. The average molecular weight is 260 g/mol. The van der Waals surface area contributed by atoms with Gasteiger partial charge in [-0.3, -0.25) is 4.79 Å². The van der Waals surface area contributed by atoms with Gasteiger partial charge in [0.15, 0.2) is 11.5 Å². The van der Waals surface area contributed by atoms with Crippen molar-refractivity contribution in [1.82, 2.24) is 24.6 Å². The molecule has 0 saturated heterocycles. The predicted octanol–water partition coefficient (Wildman–Crippen LogP) is 0.796. The first-order valence-electron chi connectivity index (χ1n) is 5.95. The van der Waals surface area contributed by atoms with Gasteiger partial charge in [-0.15, -0.1) is 0 Å². The molecule has 2 aromatic rings. The van der Waals surface area contributed by atoms with Crippen LogP contribution in [0.1, 0.15) is 17.4 Å². The molecule has 0 atom stereocenters. The fraction of sp³-hybridized carbons (Fsp3) is 0.333. The molecule has 1 amide bonds. The topological polar surface area (TPSA) is 75.9 Å². The second-order valence-corrected chi connectivity index (χ2v) is 4.14. The zero-order valence-corrected chi connectivity index (χ0v) is 11.2. The maximum absolute atomic E-state index is 11.8. The summed E-state index contributed by atoms with van der Waals surface area (Å²) < 4.78 is 1.55. The van der Waals surface area contributed by atoms with Gasteiger partial charge in [-0.05, 0) is 13.0 Å². The molecule has 7 nitrogen and oxygen atoms in total. The highest BCUT2D eigenvalue weighted by Gasteiger charge is 2.12. The third-order valence-electron chi connectivity index (χ3n) is 2.46. The SMILES string of the molecule is CCNc1cc(-n2ccc(C(=O)N(C)C)n2)ncn1. The van der Waals surface area contributed by atoms with Crippen LogP contribution in [-0.4, -0.2) is 51.2 Å². The Hall–Kier alpha value is -2.44. The predicted molar refractivity (Wildman–Crippen MR) is 71.3 cm³/mol. The number of hydrogen-bond acceptors (Lipinski definition) is 5. The summed E-state index contributed by atoms with van der Waals surface area (Å²) in [6.45, 7) is 2.77. The van der Waals surface area contributed by atoms with Crippen molar-refractivity contribution in [2.45, 2.75) is 6.92 Å². The molecule has 0 radical (unpaired) electrons. The second-order valence-electron chi connectivity index (χ2n) is 4.14. The normalized spacial score (nSPS) is 10.3. The highest BCUT2D eigenvalue weighted by Crippen LogP contribution is 2.09. The monoisotopic (exact) mass is 260 g/mol. The molecule has 2 rings (SSSR count). The van der Waals surface area contributed by atoms with E-state index in [0.717, 1.165) is 12.4 Å². The summed E-state index contributed by atoms with van der Waals surface area (Å²) in [5, 5.41) is 7.31.